The van der Waals surface area contributed by atoms with Crippen LogP contribution in [0, 0.1) is 11.7 Å². The molecule has 0 radical (unpaired) electrons. The lowest BCUT2D eigenvalue weighted by Gasteiger charge is -2.05. The number of nitrogens with one attached hydrogen (secondary N) is 1. The van der Waals surface area contributed by atoms with E-state index in [1.807, 2.05) is 12.1 Å². The molecule has 2 aromatic carbocycles. The second-order valence-electron chi connectivity index (χ2n) is 5.79. The molecule has 0 unspecified atom stereocenters. The molecular weight excluding hydrogens is 357 g/mol. The van der Waals surface area contributed by atoms with Gasteiger partial charge >= 0.3 is 0 Å². The van der Waals surface area contributed by atoms with Gasteiger partial charge in [-0.05, 0) is 47.7 Å². The summed E-state index contributed by atoms with van der Waals surface area (Å²) in [6.07, 6.45) is 4.15. The molecule has 0 atom stereocenters. The van der Waals surface area contributed by atoms with Gasteiger partial charge < -0.3 is 5.32 Å². The Balaban J connectivity index is 1.97. The fraction of sp³-hybridized carbons (Fsp3) is 0.211. The number of rotatable bonds is 5. The molecule has 0 saturated heterocycles. The van der Waals surface area contributed by atoms with Gasteiger partial charge in [0.1, 0.15) is 5.82 Å². The molecule has 1 N–H and O–H groups in total. The minimum atomic E-state index is -0.473. The fourth-order valence-corrected chi connectivity index (χ4v) is 2.51. The minimum Gasteiger partial charge on any atom is -0.320 e. The van der Waals surface area contributed by atoms with Crippen LogP contribution in [0.1, 0.15) is 25.0 Å². The lowest BCUT2D eigenvalue weighted by molar-refractivity contribution is -0.111. The molecule has 2 rings (SSSR count). The van der Waals surface area contributed by atoms with Gasteiger partial charge in [-0.1, -0.05) is 54.0 Å². The normalized spacial score (nSPS) is 11.2. The Hall–Kier alpha value is -1.94. The zero-order valence-electron chi connectivity index (χ0n) is 13.1. The van der Waals surface area contributed by atoms with Crippen LogP contribution >= 0.6 is 15.9 Å². The predicted molar refractivity (Wildman–Crippen MR) is 96.7 cm³/mol. The summed E-state index contributed by atoms with van der Waals surface area (Å²) in [6.45, 7) is 4.36. The van der Waals surface area contributed by atoms with E-state index in [4.69, 9.17) is 0 Å². The Morgan fingerprint density at radius 2 is 1.91 bits per heavy atom. The third-order valence-corrected chi connectivity index (χ3v) is 3.73. The smallest absolute Gasteiger partial charge is 0.248 e. The molecule has 0 bridgehead atoms. The molecule has 1 amide bonds. The zero-order chi connectivity index (χ0) is 16.8. The monoisotopic (exact) mass is 375 g/mol. The molecular formula is C19H19BrFNO. The maximum atomic E-state index is 13.7. The molecule has 0 fully saturated rings. The maximum Gasteiger partial charge on any atom is 0.248 e. The first-order chi connectivity index (χ1) is 10.9. The van der Waals surface area contributed by atoms with Crippen molar-refractivity contribution < 1.29 is 9.18 Å². The van der Waals surface area contributed by atoms with Gasteiger partial charge in [-0.25, -0.2) is 4.39 Å². The number of hydrogen-bond donors (Lipinski definition) is 1. The van der Waals surface area contributed by atoms with E-state index in [0.717, 1.165) is 12.0 Å². The zero-order valence-corrected chi connectivity index (χ0v) is 14.7. The Morgan fingerprint density at radius 3 is 2.52 bits per heavy atom. The minimum absolute atomic E-state index is 0.162. The van der Waals surface area contributed by atoms with Crippen LogP contribution in [0.5, 0.6) is 0 Å². The molecule has 2 nitrogen and oxygen atoms in total. The van der Waals surface area contributed by atoms with Crippen LogP contribution in [-0.4, -0.2) is 5.91 Å². The van der Waals surface area contributed by atoms with E-state index >= 15 is 0 Å². The van der Waals surface area contributed by atoms with Crippen molar-refractivity contribution in [3.8, 4) is 0 Å². The number of halogens is 2. The van der Waals surface area contributed by atoms with Crippen molar-refractivity contribution in [2.75, 3.05) is 5.32 Å². The van der Waals surface area contributed by atoms with Gasteiger partial charge in [-0.2, -0.15) is 0 Å². The van der Waals surface area contributed by atoms with Crippen LogP contribution in [0.25, 0.3) is 6.08 Å². The molecule has 2 aromatic rings. The summed E-state index contributed by atoms with van der Waals surface area (Å²) in [5.74, 6) is -0.223. The summed E-state index contributed by atoms with van der Waals surface area (Å²) in [5, 5.41) is 2.52. The summed E-state index contributed by atoms with van der Waals surface area (Å²) in [4.78, 5) is 11.9. The summed E-state index contributed by atoms with van der Waals surface area (Å²) < 4.78 is 14.3. The number of hydrogen-bond acceptors (Lipinski definition) is 1. The molecule has 0 aromatic heterocycles. The van der Waals surface area contributed by atoms with E-state index in [1.54, 1.807) is 12.1 Å². The molecule has 0 aliphatic rings. The van der Waals surface area contributed by atoms with E-state index < -0.39 is 5.82 Å². The van der Waals surface area contributed by atoms with Crippen LogP contribution in [0.4, 0.5) is 10.1 Å². The van der Waals surface area contributed by atoms with E-state index in [9.17, 15) is 9.18 Å². The van der Waals surface area contributed by atoms with Crippen molar-refractivity contribution >= 4 is 33.6 Å². The molecule has 0 saturated carbocycles. The number of carbonyl (C=O) groups excluding carboxylic acids is 1. The molecule has 0 spiro atoms. The van der Waals surface area contributed by atoms with Gasteiger partial charge in [0.05, 0.1) is 5.69 Å². The summed E-state index contributed by atoms with van der Waals surface area (Å²) >= 11 is 3.18. The highest BCUT2D eigenvalue weighted by atomic mass is 79.9. The van der Waals surface area contributed by atoms with Crippen LogP contribution < -0.4 is 5.32 Å². The van der Waals surface area contributed by atoms with E-state index in [1.165, 1.54) is 23.8 Å². The number of carbonyl (C=O) groups is 1. The predicted octanol–water partition coefficient (Wildman–Crippen LogP) is 5.44. The average Bonchev–Trinajstić information content (AvgIpc) is 2.49. The summed E-state index contributed by atoms with van der Waals surface area (Å²) in [7, 11) is 0. The first kappa shape index (κ1) is 17.4. The molecule has 120 valence electrons. The van der Waals surface area contributed by atoms with E-state index in [2.05, 4.69) is 47.2 Å². The van der Waals surface area contributed by atoms with Gasteiger partial charge in [0.2, 0.25) is 5.91 Å². The largest absolute Gasteiger partial charge is 0.320 e. The van der Waals surface area contributed by atoms with Crippen molar-refractivity contribution in [3.05, 3.63) is 70.0 Å². The Kier molecular flexibility index (Phi) is 6.11. The maximum absolute atomic E-state index is 13.7. The van der Waals surface area contributed by atoms with E-state index in [0.29, 0.717) is 10.4 Å². The Morgan fingerprint density at radius 1 is 1.22 bits per heavy atom. The SMILES string of the molecule is CC(C)Cc1ccc(/C=C/C(=O)Nc2ccc(Br)cc2F)cc1. The molecule has 4 heteroatoms. The second-order valence-corrected chi connectivity index (χ2v) is 6.70. The fourth-order valence-electron chi connectivity index (χ4n) is 2.17. The first-order valence-corrected chi connectivity index (χ1v) is 8.26. The molecule has 0 heterocycles. The van der Waals surface area contributed by atoms with Crippen molar-refractivity contribution in [1.29, 1.82) is 0 Å². The third-order valence-electron chi connectivity index (χ3n) is 3.24. The van der Waals surface area contributed by atoms with Gasteiger partial charge in [0, 0.05) is 10.5 Å². The molecule has 0 aliphatic carbocycles. The van der Waals surface area contributed by atoms with Gasteiger partial charge in [-0.15, -0.1) is 0 Å². The standard InChI is InChI=1S/C19H19BrFNO/c1-13(2)11-15-5-3-14(4-6-15)7-10-19(23)22-18-9-8-16(20)12-17(18)21/h3-10,12-13H,11H2,1-2H3,(H,22,23)/b10-7+. The Labute approximate surface area is 144 Å². The highest BCUT2D eigenvalue weighted by Crippen LogP contribution is 2.19. The first-order valence-electron chi connectivity index (χ1n) is 7.47. The average molecular weight is 376 g/mol. The van der Waals surface area contributed by atoms with E-state index in [-0.39, 0.29) is 11.6 Å². The van der Waals surface area contributed by atoms with Crippen LogP contribution in [0.2, 0.25) is 0 Å². The van der Waals surface area contributed by atoms with Gasteiger partial charge in [0.25, 0.3) is 0 Å². The van der Waals surface area contributed by atoms with Crippen molar-refractivity contribution in [2.24, 2.45) is 5.92 Å². The van der Waals surface area contributed by atoms with Gasteiger partial charge in [-0.3, -0.25) is 4.79 Å². The quantitative estimate of drug-likeness (QED) is 0.692. The number of benzene rings is 2. The van der Waals surface area contributed by atoms with Crippen LogP contribution in [0.15, 0.2) is 53.0 Å². The van der Waals surface area contributed by atoms with Gasteiger partial charge in [0.15, 0.2) is 0 Å². The number of amides is 1. The topological polar surface area (TPSA) is 29.1 Å². The van der Waals surface area contributed by atoms with Crippen LogP contribution in [0.3, 0.4) is 0 Å². The summed E-state index contributed by atoms with van der Waals surface area (Å²) in [5.41, 5.74) is 2.37. The highest BCUT2D eigenvalue weighted by Gasteiger charge is 2.05. The number of anilines is 1. The molecule has 0 aliphatic heterocycles. The van der Waals surface area contributed by atoms with Crippen molar-refractivity contribution in [2.45, 2.75) is 20.3 Å². The lowest BCUT2D eigenvalue weighted by Crippen LogP contribution is -2.09. The lowest BCUT2D eigenvalue weighted by atomic mass is 10.0. The second kappa shape index (κ2) is 8.06. The molecule has 23 heavy (non-hydrogen) atoms. The Bertz CT molecular complexity index is 708. The van der Waals surface area contributed by atoms with Crippen LogP contribution in [-0.2, 0) is 11.2 Å². The van der Waals surface area contributed by atoms with Crippen molar-refractivity contribution in [3.63, 3.8) is 0 Å². The third kappa shape index (κ3) is 5.64. The van der Waals surface area contributed by atoms with Crippen molar-refractivity contribution in [1.82, 2.24) is 0 Å². The summed E-state index contributed by atoms with van der Waals surface area (Å²) in [6, 6.07) is 12.6. The highest BCUT2D eigenvalue weighted by molar-refractivity contribution is 9.10.